The van der Waals surface area contributed by atoms with Crippen molar-refractivity contribution in [2.45, 2.75) is 57.8 Å². The van der Waals surface area contributed by atoms with E-state index in [1.165, 1.54) is 12.8 Å². The van der Waals surface area contributed by atoms with E-state index in [0.717, 1.165) is 49.7 Å². The van der Waals surface area contributed by atoms with Crippen LogP contribution in [-0.2, 0) is 32.2 Å². The van der Waals surface area contributed by atoms with E-state index in [1.54, 1.807) is 6.20 Å². The lowest BCUT2D eigenvalue weighted by Crippen LogP contribution is -2.40. The Morgan fingerprint density at radius 3 is 2.20 bits per heavy atom. The number of pyridine rings is 1. The third-order valence-corrected chi connectivity index (χ3v) is 6.05. The van der Waals surface area contributed by atoms with Crippen molar-refractivity contribution >= 4 is 11.9 Å². The summed E-state index contributed by atoms with van der Waals surface area (Å²) in [6, 6.07) is 6.00. The zero-order valence-corrected chi connectivity index (χ0v) is 21.4. The van der Waals surface area contributed by atoms with Gasteiger partial charge < -0.3 is 24.2 Å². The van der Waals surface area contributed by atoms with Gasteiger partial charge in [0.2, 0.25) is 0 Å². The Kier molecular flexibility index (Phi) is 11.9. The number of hydrogen-bond donors (Lipinski definition) is 2. The number of carboxylic acids is 2. The third kappa shape index (κ3) is 11.5. The zero-order chi connectivity index (χ0) is 30.0. The molecule has 0 saturated carbocycles. The van der Waals surface area contributed by atoms with Crippen LogP contribution in [0.4, 0.5) is 26.3 Å². The van der Waals surface area contributed by atoms with Crippen molar-refractivity contribution in [2.24, 2.45) is 5.41 Å². The molecule has 2 aliphatic rings. The van der Waals surface area contributed by atoms with Gasteiger partial charge in [-0.15, -0.1) is 0 Å². The Morgan fingerprint density at radius 2 is 1.73 bits per heavy atom. The molecule has 4 heterocycles. The van der Waals surface area contributed by atoms with E-state index in [1.807, 2.05) is 31.3 Å². The third-order valence-electron chi connectivity index (χ3n) is 6.05. The number of hydrogen-bond acceptors (Lipinski definition) is 8. The Balaban J connectivity index is 0.000000333. The van der Waals surface area contributed by atoms with E-state index in [0.29, 0.717) is 18.6 Å². The Hall–Kier alpha value is -3.24. The van der Waals surface area contributed by atoms with E-state index in [4.69, 9.17) is 33.8 Å². The molecule has 0 amide bonds. The number of aliphatic carboxylic acids is 2. The number of carbonyl (C=O) groups is 2. The fraction of sp³-hybridized carbons (Fsp3) is 0.583. The molecule has 10 nitrogen and oxygen atoms in total. The number of carboxylic acid groups (broad SMARTS) is 2. The molecule has 16 heteroatoms. The fourth-order valence-electron chi connectivity index (χ4n) is 4.05. The number of aryl methyl sites for hydroxylation is 1. The highest BCUT2D eigenvalue weighted by atomic mass is 19.4. The zero-order valence-electron chi connectivity index (χ0n) is 21.4. The van der Waals surface area contributed by atoms with Crippen LogP contribution < -0.4 is 0 Å². The number of halogens is 6. The molecule has 40 heavy (non-hydrogen) atoms. The highest BCUT2D eigenvalue weighted by molar-refractivity contribution is 5.73. The van der Waals surface area contributed by atoms with Crippen LogP contribution in [0.3, 0.4) is 0 Å². The second-order valence-corrected chi connectivity index (χ2v) is 9.32. The maximum atomic E-state index is 10.6. The maximum absolute atomic E-state index is 10.6. The molecule has 2 fully saturated rings. The monoisotopic (exact) mass is 585 g/mol. The molecule has 0 radical (unpaired) electrons. The summed E-state index contributed by atoms with van der Waals surface area (Å²) in [7, 11) is 0. The lowest BCUT2D eigenvalue weighted by Gasteiger charge is -2.38. The summed E-state index contributed by atoms with van der Waals surface area (Å²) >= 11 is 0. The number of rotatable bonds is 6. The van der Waals surface area contributed by atoms with Crippen molar-refractivity contribution in [1.82, 2.24) is 15.0 Å². The van der Waals surface area contributed by atoms with Crippen molar-refractivity contribution < 1.29 is 60.1 Å². The van der Waals surface area contributed by atoms with E-state index in [2.05, 4.69) is 15.0 Å². The van der Waals surface area contributed by atoms with Gasteiger partial charge in [-0.2, -0.15) is 26.3 Å². The van der Waals surface area contributed by atoms with Crippen LogP contribution in [0.5, 0.6) is 0 Å². The number of ether oxygens (including phenoxy) is 2. The highest BCUT2D eigenvalue weighted by Crippen LogP contribution is 2.42. The molecule has 1 spiro atoms. The summed E-state index contributed by atoms with van der Waals surface area (Å²) in [5, 5.41) is 18.4. The first-order valence-electron chi connectivity index (χ1n) is 11.9. The average molecular weight is 585 g/mol. The minimum absolute atomic E-state index is 0.219. The molecule has 2 saturated heterocycles. The van der Waals surface area contributed by atoms with E-state index in [-0.39, 0.29) is 6.10 Å². The fourth-order valence-corrected chi connectivity index (χ4v) is 4.05. The molecule has 0 bridgehead atoms. The van der Waals surface area contributed by atoms with Gasteiger partial charge in [0.25, 0.3) is 0 Å². The van der Waals surface area contributed by atoms with Gasteiger partial charge in [-0.3, -0.25) is 9.88 Å². The van der Waals surface area contributed by atoms with Crippen molar-refractivity contribution in [3.05, 3.63) is 47.6 Å². The molecule has 2 aliphatic heterocycles. The molecule has 2 N–H and O–H groups in total. The minimum atomic E-state index is -5.08. The SMILES string of the molecule is Cc1cc(CN2CCC3(CC2)COC(COCc2cccnc2)C3)no1.O=C(O)C(F)(F)F.O=C(O)C(F)(F)F. The lowest BCUT2D eigenvalue weighted by atomic mass is 9.76. The van der Waals surface area contributed by atoms with Crippen LogP contribution in [0.2, 0.25) is 0 Å². The smallest absolute Gasteiger partial charge is 0.475 e. The van der Waals surface area contributed by atoms with Crippen LogP contribution in [0.25, 0.3) is 0 Å². The molecular formula is C24H29F6N3O7. The van der Waals surface area contributed by atoms with Gasteiger partial charge >= 0.3 is 24.3 Å². The highest BCUT2D eigenvalue weighted by Gasteiger charge is 2.42. The van der Waals surface area contributed by atoms with Gasteiger partial charge in [-0.25, -0.2) is 9.59 Å². The summed E-state index contributed by atoms with van der Waals surface area (Å²) in [4.78, 5) is 24.4. The van der Waals surface area contributed by atoms with Gasteiger partial charge in [0, 0.05) is 25.0 Å². The van der Waals surface area contributed by atoms with Gasteiger partial charge in [0.05, 0.1) is 31.6 Å². The normalized spacial score (nSPS) is 18.8. The van der Waals surface area contributed by atoms with Gasteiger partial charge in [-0.1, -0.05) is 11.2 Å². The topological polar surface area (TPSA) is 135 Å². The van der Waals surface area contributed by atoms with Crippen LogP contribution in [-0.4, -0.2) is 82.0 Å². The van der Waals surface area contributed by atoms with E-state index < -0.39 is 24.3 Å². The summed E-state index contributed by atoms with van der Waals surface area (Å²) < 4.78 is 80.5. The number of piperidine rings is 1. The molecule has 0 aliphatic carbocycles. The van der Waals surface area contributed by atoms with Crippen LogP contribution in [0.1, 0.15) is 36.3 Å². The Labute approximate surface area is 224 Å². The molecule has 0 aromatic carbocycles. The number of alkyl halides is 6. The summed E-state index contributed by atoms with van der Waals surface area (Å²) in [5.41, 5.74) is 2.47. The molecule has 2 aromatic rings. The summed E-state index contributed by atoms with van der Waals surface area (Å²) in [5.74, 6) is -4.63. The first-order chi connectivity index (χ1) is 18.6. The minimum Gasteiger partial charge on any atom is -0.475 e. The Bertz CT molecular complexity index is 1050. The van der Waals surface area contributed by atoms with Crippen LogP contribution in [0, 0.1) is 12.3 Å². The Morgan fingerprint density at radius 1 is 1.12 bits per heavy atom. The summed E-state index contributed by atoms with van der Waals surface area (Å²) in [6.45, 7) is 7.14. The van der Waals surface area contributed by atoms with Crippen LogP contribution >= 0.6 is 0 Å². The van der Waals surface area contributed by atoms with Crippen molar-refractivity contribution in [3.8, 4) is 0 Å². The molecule has 4 rings (SSSR count). The molecular weight excluding hydrogens is 556 g/mol. The average Bonchev–Trinajstić information content (AvgIpc) is 3.46. The second-order valence-electron chi connectivity index (χ2n) is 9.32. The molecule has 2 aromatic heterocycles. The van der Waals surface area contributed by atoms with Gasteiger partial charge in [0.15, 0.2) is 0 Å². The second kappa shape index (κ2) is 14.4. The van der Waals surface area contributed by atoms with E-state index in [9.17, 15) is 26.3 Å². The first-order valence-corrected chi connectivity index (χ1v) is 11.9. The number of nitrogens with zero attached hydrogens (tertiary/aromatic N) is 3. The van der Waals surface area contributed by atoms with Gasteiger partial charge in [-0.05, 0) is 56.3 Å². The first kappa shape index (κ1) is 33.0. The molecule has 1 atom stereocenters. The standard InChI is InChI=1S/C20H27N3O3.2C2HF3O2/c1-16-9-18(22-26-16)12-23-7-4-20(5-8-23)10-19(25-15-20)14-24-13-17-3-2-6-21-11-17;2*3-2(4,5)1(6)7/h2-3,6,9,11,19H,4-5,7-8,10,12-15H2,1H3;2*(H,6,7). The number of aromatic nitrogens is 2. The summed E-state index contributed by atoms with van der Waals surface area (Å²) in [6.07, 6.45) is -2.84. The van der Waals surface area contributed by atoms with Crippen molar-refractivity contribution in [3.63, 3.8) is 0 Å². The molecule has 1 unspecified atom stereocenters. The van der Waals surface area contributed by atoms with Crippen molar-refractivity contribution in [1.29, 1.82) is 0 Å². The predicted octanol–water partition coefficient (Wildman–Crippen LogP) is 4.23. The largest absolute Gasteiger partial charge is 0.490 e. The number of likely N-dealkylation sites (tertiary alicyclic amines) is 1. The maximum Gasteiger partial charge on any atom is 0.490 e. The van der Waals surface area contributed by atoms with E-state index >= 15 is 0 Å². The predicted molar refractivity (Wildman–Crippen MR) is 124 cm³/mol. The molecule has 224 valence electrons. The lowest BCUT2D eigenvalue weighted by molar-refractivity contribution is -0.193. The van der Waals surface area contributed by atoms with Gasteiger partial charge in [0.1, 0.15) is 5.76 Å². The quantitative estimate of drug-likeness (QED) is 0.474. The van der Waals surface area contributed by atoms with Crippen molar-refractivity contribution in [2.75, 3.05) is 26.3 Å². The van der Waals surface area contributed by atoms with Crippen LogP contribution in [0.15, 0.2) is 35.1 Å².